The van der Waals surface area contributed by atoms with Gasteiger partial charge < -0.3 is 10.2 Å². The first-order chi connectivity index (χ1) is 10.2. The molecule has 2 nitrogen and oxygen atoms in total. The molecule has 1 saturated heterocycles. The Morgan fingerprint density at radius 2 is 1.90 bits per heavy atom. The summed E-state index contributed by atoms with van der Waals surface area (Å²) in [5.74, 6) is 0.962. The van der Waals surface area contributed by atoms with Gasteiger partial charge in [-0.1, -0.05) is 38.8 Å². The third-order valence-corrected chi connectivity index (χ3v) is 4.67. The van der Waals surface area contributed by atoms with E-state index in [1.807, 2.05) is 0 Å². The standard InChI is InChI=1S/C19H32N2/c1-4-6-17-9-12-21(13-10-17)19-8-7-18(14-16(19)3)15-20-11-5-2/h7-8,14,17,20H,4-6,9-13,15H2,1-3H3. The van der Waals surface area contributed by atoms with Crippen LogP contribution in [-0.2, 0) is 6.54 Å². The molecule has 0 radical (unpaired) electrons. The van der Waals surface area contributed by atoms with Gasteiger partial charge in [0, 0.05) is 25.3 Å². The highest BCUT2D eigenvalue weighted by Gasteiger charge is 2.19. The van der Waals surface area contributed by atoms with Crippen molar-refractivity contribution in [1.29, 1.82) is 0 Å². The van der Waals surface area contributed by atoms with Crippen LogP contribution in [0.5, 0.6) is 0 Å². The molecule has 0 atom stereocenters. The molecule has 1 aromatic rings. The summed E-state index contributed by atoms with van der Waals surface area (Å²) < 4.78 is 0. The molecule has 0 aliphatic carbocycles. The van der Waals surface area contributed by atoms with E-state index in [1.165, 1.54) is 62.0 Å². The van der Waals surface area contributed by atoms with Crippen molar-refractivity contribution >= 4 is 5.69 Å². The number of nitrogens with one attached hydrogen (secondary N) is 1. The molecule has 2 heteroatoms. The number of piperidine rings is 1. The Labute approximate surface area is 130 Å². The summed E-state index contributed by atoms with van der Waals surface area (Å²) in [6, 6.07) is 6.98. The van der Waals surface area contributed by atoms with Crippen molar-refractivity contribution in [2.24, 2.45) is 5.92 Å². The molecule has 1 aliphatic heterocycles. The summed E-state index contributed by atoms with van der Waals surface area (Å²) in [6.07, 6.45) is 6.68. The van der Waals surface area contributed by atoms with Crippen LogP contribution < -0.4 is 10.2 Å². The predicted molar refractivity (Wildman–Crippen MR) is 93.0 cm³/mol. The molecule has 0 spiro atoms. The SMILES string of the molecule is CCCNCc1ccc(N2CCC(CCC)CC2)c(C)c1. The van der Waals surface area contributed by atoms with E-state index in [2.05, 4.69) is 49.2 Å². The fourth-order valence-corrected chi connectivity index (χ4v) is 3.46. The van der Waals surface area contributed by atoms with Gasteiger partial charge in [-0.15, -0.1) is 0 Å². The monoisotopic (exact) mass is 288 g/mol. The third kappa shape index (κ3) is 4.74. The van der Waals surface area contributed by atoms with Gasteiger partial charge in [0.15, 0.2) is 0 Å². The van der Waals surface area contributed by atoms with Gasteiger partial charge in [0.1, 0.15) is 0 Å². The highest BCUT2D eigenvalue weighted by Crippen LogP contribution is 2.28. The van der Waals surface area contributed by atoms with E-state index in [0.29, 0.717) is 0 Å². The normalized spacial score (nSPS) is 16.4. The molecule has 1 aromatic carbocycles. The van der Waals surface area contributed by atoms with Crippen molar-refractivity contribution in [1.82, 2.24) is 5.32 Å². The Hall–Kier alpha value is -1.02. The molecule has 1 fully saturated rings. The molecule has 118 valence electrons. The molecular formula is C19H32N2. The second-order valence-corrected chi connectivity index (χ2v) is 6.52. The van der Waals surface area contributed by atoms with E-state index in [9.17, 15) is 0 Å². The van der Waals surface area contributed by atoms with E-state index in [4.69, 9.17) is 0 Å². The molecule has 1 N–H and O–H groups in total. The van der Waals surface area contributed by atoms with Gasteiger partial charge >= 0.3 is 0 Å². The van der Waals surface area contributed by atoms with Crippen LogP contribution in [-0.4, -0.2) is 19.6 Å². The number of benzene rings is 1. The van der Waals surface area contributed by atoms with Crippen molar-refractivity contribution in [3.05, 3.63) is 29.3 Å². The molecular weight excluding hydrogens is 256 g/mol. The van der Waals surface area contributed by atoms with Crippen molar-refractivity contribution in [2.75, 3.05) is 24.5 Å². The maximum absolute atomic E-state index is 3.48. The predicted octanol–water partition coefficient (Wildman–Crippen LogP) is 4.51. The minimum atomic E-state index is 0.962. The summed E-state index contributed by atoms with van der Waals surface area (Å²) in [6.45, 7) is 11.3. The molecule has 0 bridgehead atoms. The van der Waals surface area contributed by atoms with Crippen LogP contribution in [0.25, 0.3) is 0 Å². The summed E-state index contributed by atoms with van der Waals surface area (Å²) in [5.41, 5.74) is 4.29. The van der Waals surface area contributed by atoms with Gasteiger partial charge in [-0.25, -0.2) is 0 Å². The lowest BCUT2D eigenvalue weighted by atomic mass is 9.92. The molecule has 21 heavy (non-hydrogen) atoms. The summed E-state index contributed by atoms with van der Waals surface area (Å²) in [4.78, 5) is 2.59. The van der Waals surface area contributed by atoms with E-state index in [0.717, 1.165) is 19.0 Å². The lowest BCUT2D eigenvalue weighted by Gasteiger charge is -2.34. The Balaban J connectivity index is 1.92. The largest absolute Gasteiger partial charge is 0.371 e. The van der Waals surface area contributed by atoms with Crippen LogP contribution in [0.1, 0.15) is 57.1 Å². The molecule has 0 saturated carbocycles. The highest BCUT2D eigenvalue weighted by molar-refractivity contribution is 5.54. The lowest BCUT2D eigenvalue weighted by molar-refractivity contribution is 0.378. The number of hydrogen-bond acceptors (Lipinski definition) is 2. The fraction of sp³-hybridized carbons (Fsp3) is 0.684. The van der Waals surface area contributed by atoms with E-state index in [1.54, 1.807) is 0 Å². The van der Waals surface area contributed by atoms with E-state index in [-0.39, 0.29) is 0 Å². The average molecular weight is 288 g/mol. The number of hydrogen-bond donors (Lipinski definition) is 1. The summed E-state index contributed by atoms with van der Waals surface area (Å²) in [5, 5.41) is 3.48. The zero-order valence-electron chi connectivity index (χ0n) is 14.1. The van der Waals surface area contributed by atoms with Crippen LogP contribution in [0.4, 0.5) is 5.69 Å². The van der Waals surface area contributed by atoms with Crippen molar-refractivity contribution in [3.63, 3.8) is 0 Å². The lowest BCUT2D eigenvalue weighted by Crippen LogP contribution is -2.34. The molecule has 1 heterocycles. The fourth-order valence-electron chi connectivity index (χ4n) is 3.46. The zero-order chi connectivity index (χ0) is 15.1. The first-order valence-electron chi connectivity index (χ1n) is 8.79. The van der Waals surface area contributed by atoms with Crippen LogP contribution in [0.15, 0.2) is 18.2 Å². The van der Waals surface area contributed by atoms with Gasteiger partial charge in [0.05, 0.1) is 0 Å². The Morgan fingerprint density at radius 1 is 1.14 bits per heavy atom. The first kappa shape index (κ1) is 16.4. The molecule has 2 rings (SSSR count). The Morgan fingerprint density at radius 3 is 2.52 bits per heavy atom. The van der Waals surface area contributed by atoms with Gasteiger partial charge in [-0.05, 0) is 55.8 Å². The van der Waals surface area contributed by atoms with Crippen molar-refractivity contribution < 1.29 is 0 Å². The summed E-state index contributed by atoms with van der Waals surface area (Å²) >= 11 is 0. The van der Waals surface area contributed by atoms with Gasteiger partial charge in [-0.3, -0.25) is 0 Å². The van der Waals surface area contributed by atoms with Crippen LogP contribution >= 0.6 is 0 Å². The molecule has 0 amide bonds. The van der Waals surface area contributed by atoms with Crippen molar-refractivity contribution in [2.45, 2.75) is 59.4 Å². The van der Waals surface area contributed by atoms with Gasteiger partial charge in [-0.2, -0.15) is 0 Å². The van der Waals surface area contributed by atoms with Crippen LogP contribution in [0, 0.1) is 12.8 Å². The maximum atomic E-state index is 3.48. The Bertz CT molecular complexity index is 420. The van der Waals surface area contributed by atoms with E-state index >= 15 is 0 Å². The smallest absolute Gasteiger partial charge is 0.0396 e. The van der Waals surface area contributed by atoms with Crippen LogP contribution in [0.3, 0.4) is 0 Å². The minimum Gasteiger partial charge on any atom is -0.371 e. The average Bonchev–Trinajstić information content (AvgIpc) is 2.49. The minimum absolute atomic E-state index is 0.962. The topological polar surface area (TPSA) is 15.3 Å². The molecule has 0 aromatic heterocycles. The van der Waals surface area contributed by atoms with E-state index < -0.39 is 0 Å². The second kappa shape index (κ2) is 8.43. The molecule has 0 unspecified atom stereocenters. The third-order valence-electron chi connectivity index (χ3n) is 4.67. The number of rotatable bonds is 7. The van der Waals surface area contributed by atoms with Gasteiger partial charge in [0.2, 0.25) is 0 Å². The second-order valence-electron chi connectivity index (χ2n) is 6.52. The highest BCUT2D eigenvalue weighted by atomic mass is 15.1. The summed E-state index contributed by atoms with van der Waals surface area (Å²) in [7, 11) is 0. The number of anilines is 1. The maximum Gasteiger partial charge on any atom is 0.0396 e. The number of nitrogens with zero attached hydrogens (tertiary/aromatic N) is 1. The van der Waals surface area contributed by atoms with Gasteiger partial charge in [0.25, 0.3) is 0 Å². The quantitative estimate of drug-likeness (QED) is 0.743. The number of aryl methyl sites for hydroxylation is 1. The Kier molecular flexibility index (Phi) is 6.56. The molecule has 1 aliphatic rings. The van der Waals surface area contributed by atoms with Crippen LogP contribution in [0.2, 0.25) is 0 Å². The van der Waals surface area contributed by atoms with Crippen molar-refractivity contribution in [3.8, 4) is 0 Å². The first-order valence-corrected chi connectivity index (χ1v) is 8.79. The zero-order valence-corrected chi connectivity index (χ0v) is 14.1.